The zero-order valence-corrected chi connectivity index (χ0v) is 11.0. The van der Waals surface area contributed by atoms with Crippen LogP contribution in [0.4, 0.5) is 11.6 Å². The summed E-state index contributed by atoms with van der Waals surface area (Å²) in [6.45, 7) is 5.37. The maximum Gasteiger partial charge on any atom is 0.145 e. The Labute approximate surface area is 107 Å². The first-order valence-corrected chi connectivity index (χ1v) is 6.36. The number of anilines is 2. The summed E-state index contributed by atoms with van der Waals surface area (Å²) in [6.07, 6.45) is 2.55. The Morgan fingerprint density at radius 2 is 2.33 bits per heavy atom. The lowest BCUT2D eigenvalue weighted by Gasteiger charge is -2.37. The fraction of sp³-hybridized carbons (Fsp3) is 0.667. The van der Waals surface area contributed by atoms with Gasteiger partial charge >= 0.3 is 0 Å². The van der Waals surface area contributed by atoms with Gasteiger partial charge in [0.05, 0.1) is 5.60 Å². The molecule has 0 radical (unpaired) electrons. The van der Waals surface area contributed by atoms with Gasteiger partial charge in [-0.15, -0.1) is 0 Å². The zero-order chi connectivity index (χ0) is 13.2. The lowest BCUT2D eigenvalue weighted by atomic mass is 9.95. The van der Waals surface area contributed by atoms with Gasteiger partial charge in [0, 0.05) is 25.6 Å². The highest BCUT2D eigenvalue weighted by molar-refractivity contribution is 5.49. The minimum atomic E-state index is -0.647. The Morgan fingerprint density at radius 3 is 2.94 bits per heavy atom. The van der Waals surface area contributed by atoms with Gasteiger partial charge in [-0.25, -0.2) is 15.8 Å². The minimum Gasteiger partial charge on any atom is -0.388 e. The molecule has 2 rings (SSSR count). The van der Waals surface area contributed by atoms with Crippen molar-refractivity contribution in [3.8, 4) is 0 Å². The van der Waals surface area contributed by atoms with Crippen LogP contribution in [0.3, 0.4) is 0 Å². The van der Waals surface area contributed by atoms with Gasteiger partial charge < -0.3 is 15.4 Å². The molecule has 0 amide bonds. The van der Waals surface area contributed by atoms with E-state index in [1.165, 1.54) is 0 Å². The number of nitrogens with zero attached hydrogens (tertiary/aromatic N) is 3. The minimum absolute atomic E-state index is 0.594. The average Bonchev–Trinajstić information content (AvgIpc) is 2.37. The number of hydrogen-bond acceptors (Lipinski definition) is 6. The number of aryl methyl sites for hydroxylation is 1. The van der Waals surface area contributed by atoms with E-state index < -0.39 is 5.60 Å². The van der Waals surface area contributed by atoms with E-state index in [0.29, 0.717) is 12.4 Å². The summed E-state index contributed by atoms with van der Waals surface area (Å²) in [5, 5.41) is 10.1. The van der Waals surface area contributed by atoms with Crippen LogP contribution in [0.1, 0.15) is 32.5 Å². The van der Waals surface area contributed by atoms with Gasteiger partial charge in [0.2, 0.25) is 0 Å². The summed E-state index contributed by atoms with van der Waals surface area (Å²) < 4.78 is 0. The monoisotopic (exact) mass is 251 g/mol. The first kappa shape index (κ1) is 13.0. The third kappa shape index (κ3) is 2.88. The van der Waals surface area contributed by atoms with Crippen LogP contribution in [0.5, 0.6) is 0 Å². The molecule has 6 heteroatoms. The molecule has 1 unspecified atom stereocenters. The van der Waals surface area contributed by atoms with Crippen molar-refractivity contribution in [2.24, 2.45) is 5.84 Å². The fourth-order valence-electron chi connectivity index (χ4n) is 2.29. The number of piperidine rings is 1. The van der Waals surface area contributed by atoms with Gasteiger partial charge in [-0.2, -0.15) is 0 Å². The van der Waals surface area contributed by atoms with Crippen molar-refractivity contribution < 1.29 is 5.11 Å². The van der Waals surface area contributed by atoms with Gasteiger partial charge in [-0.3, -0.25) is 0 Å². The predicted octanol–water partition coefficient (Wildman–Crippen LogP) is 0.676. The SMILES string of the molecule is CCc1nc(NN)cc(N2CCCC(C)(O)C2)n1. The van der Waals surface area contributed by atoms with E-state index in [9.17, 15) is 5.11 Å². The third-order valence-electron chi connectivity index (χ3n) is 3.22. The van der Waals surface area contributed by atoms with Crippen LogP contribution in [-0.2, 0) is 6.42 Å². The normalized spacial score (nSPS) is 24.1. The molecule has 2 heterocycles. The van der Waals surface area contributed by atoms with Crippen LogP contribution in [0.2, 0.25) is 0 Å². The topological polar surface area (TPSA) is 87.3 Å². The number of hydrazine groups is 1. The Balaban J connectivity index is 2.26. The number of rotatable bonds is 3. The molecule has 0 bridgehead atoms. The van der Waals surface area contributed by atoms with Crippen LogP contribution < -0.4 is 16.2 Å². The highest BCUT2D eigenvalue weighted by Gasteiger charge is 2.29. The van der Waals surface area contributed by atoms with Crippen molar-refractivity contribution in [1.82, 2.24) is 9.97 Å². The highest BCUT2D eigenvalue weighted by Crippen LogP contribution is 2.25. The van der Waals surface area contributed by atoms with Gasteiger partial charge in [-0.05, 0) is 19.8 Å². The third-order valence-corrected chi connectivity index (χ3v) is 3.22. The number of β-amino-alcohol motifs (C(OH)–C–C–N with tert-alkyl or cyclic N) is 1. The zero-order valence-electron chi connectivity index (χ0n) is 11.0. The smallest absolute Gasteiger partial charge is 0.145 e. The van der Waals surface area contributed by atoms with E-state index in [1.807, 2.05) is 19.9 Å². The van der Waals surface area contributed by atoms with Crippen LogP contribution in [-0.4, -0.2) is 33.8 Å². The van der Waals surface area contributed by atoms with E-state index in [1.54, 1.807) is 0 Å². The second kappa shape index (κ2) is 5.07. The molecule has 1 aliphatic rings. The molecule has 100 valence electrons. The maximum atomic E-state index is 10.1. The molecule has 1 fully saturated rings. The van der Waals surface area contributed by atoms with Gasteiger partial charge in [-0.1, -0.05) is 6.92 Å². The molecule has 1 aromatic rings. The fourth-order valence-corrected chi connectivity index (χ4v) is 2.29. The van der Waals surface area contributed by atoms with E-state index in [2.05, 4.69) is 20.3 Å². The summed E-state index contributed by atoms with van der Waals surface area (Å²) in [5.74, 6) is 7.61. The Bertz CT molecular complexity index is 399. The number of nitrogens with two attached hydrogens (primary N) is 1. The number of nitrogen functional groups attached to an aromatic ring is 1. The molecule has 18 heavy (non-hydrogen) atoms. The van der Waals surface area contributed by atoms with Crippen molar-refractivity contribution in [3.63, 3.8) is 0 Å². The number of aromatic nitrogens is 2. The second-order valence-electron chi connectivity index (χ2n) is 5.05. The van der Waals surface area contributed by atoms with Crippen LogP contribution in [0.25, 0.3) is 0 Å². The van der Waals surface area contributed by atoms with Crippen LogP contribution in [0.15, 0.2) is 6.07 Å². The van der Waals surface area contributed by atoms with Crippen molar-refractivity contribution in [2.75, 3.05) is 23.4 Å². The first-order valence-electron chi connectivity index (χ1n) is 6.36. The molecule has 1 saturated heterocycles. The molecule has 0 saturated carbocycles. The van der Waals surface area contributed by atoms with Crippen molar-refractivity contribution in [1.29, 1.82) is 0 Å². The number of hydrogen-bond donors (Lipinski definition) is 3. The summed E-state index contributed by atoms with van der Waals surface area (Å²) in [7, 11) is 0. The maximum absolute atomic E-state index is 10.1. The molecule has 0 aliphatic carbocycles. The molecule has 1 aliphatic heterocycles. The second-order valence-corrected chi connectivity index (χ2v) is 5.05. The number of aliphatic hydroxyl groups is 1. The van der Waals surface area contributed by atoms with Crippen molar-refractivity contribution in [2.45, 2.75) is 38.7 Å². The highest BCUT2D eigenvalue weighted by atomic mass is 16.3. The van der Waals surface area contributed by atoms with E-state index in [4.69, 9.17) is 5.84 Å². The Hall–Kier alpha value is -1.40. The summed E-state index contributed by atoms with van der Waals surface area (Å²) in [4.78, 5) is 10.9. The van der Waals surface area contributed by atoms with Crippen LogP contribution in [0, 0.1) is 0 Å². The number of nitrogens with one attached hydrogen (secondary N) is 1. The van der Waals surface area contributed by atoms with E-state index in [-0.39, 0.29) is 0 Å². The van der Waals surface area contributed by atoms with Crippen LogP contribution >= 0.6 is 0 Å². The van der Waals surface area contributed by atoms with Gasteiger partial charge in [0.1, 0.15) is 17.5 Å². The quantitative estimate of drug-likeness (QED) is 0.541. The largest absolute Gasteiger partial charge is 0.388 e. The standard InChI is InChI=1S/C12H21N5O/c1-3-9-14-10(16-13)7-11(15-9)17-6-4-5-12(2,18)8-17/h7,18H,3-6,8,13H2,1-2H3,(H,14,15,16). The van der Waals surface area contributed by atoms with E-state index in [0.717, 1.165) is 37.4 Å². The van der Waals surface area contributed by atoms with Crippen molar-refractivity contribution in [3.05, 3.63) is 11.9 Å². The molecular formula is C12H21N5O. The summed E-state index contributed by atoms with van der Waals surface area (Å²) >= 11 is 0. The molecule has 6 nitrogen and oxygen atoms in total. The molecule has 1 atom stereocenters. The summed E-state index contributed by atoms with van der Waals surface area (Å²) in [6, 6.07) is 1.82. The lowest BCUT2D eigenvalue weighted by Crippen LogP contribution is -2.46. The molecule has 1 aromatic heterocycles. The molecule has 0 aromatic carbocycles. The predicted molar refractivity (Wildman–Crippen MR) is 71.3 cm³/mol. The first-order chi connectivity index (χ1) is 8.54. The Morgan fingerprint density at radius 1 is 1.56 bits per heavy atom. The molecule has 4 N–H and O–H groups in total. The Kier molecular flexibility index (Phi) is 3.68. The van der Waals surface area contributed by atoms with Gasteiger partial charge in [0.25, 0.3) is 0 Å². The average molecular weight is 251 g/mol. The molecule has 0 spiro atoms. The van der Waals surface area contributed by atoms with Crippen molar-refractivity contribution >= 4 is 11.6 Å². The molecular weight excluding hydrogens is 230 g/mol. The van der Waals surface area contributed by atoms with Gasteiger partial charge in [0.15, 0.2) is 0 Å². The summed E-state index contributed by atoms with van der Waals surface area (Å²) in [5.41, 5.74) is 1.91. The lowest BCUT2D eigenvalue weighted by molar-refractivity contribution is 0.0447. The van der Waals surface area contributed by atoms with E-state index >= 15 is 0 Å².